The summed E-state index contributed by atoms with van der Waals surface area (Å²) in [5.74, 6) is 3.43. The summed E-state index contributed by atoms with van der Waals surface area (Å²) in [5, 5.41) is 2.66. The summed E-state index contributed by atoms with van der Waals surface area (Å²) in [6.45, 7) is 2.86. The van der Waals surface area contributed by atoms with Gasteiger partial charge in [0.25, 0.3) is 0 Å². The van der Waals surface area contributed by atoms with Crippen LogP contribution in [0.4, 0.5) is 0 Å². The third-order valence-electron chi connectivity index (χ3n) is 2.23. The van der Waals surface area contributed by atoms with Crippen molar-refractivity contribution < 1.29 is 4.79 Å². The molecule has 0 spiro atoms. The van der Waals surface area contributed by atoms with Crippen LogP contribution >= 0.6 is 11.8 Å². The first-order valence-corrected chi connectivity index (χ1v) is 6.44. The lowest BCUT2D eigenvalue weighted by molar-refractivity contribution is -0.122. The first-order valence-electron chi connectivity index (χ1n) is 5.05. The number of carbonyl (C=O) groups is 1. The lowest BCUT2D eigenvalue weighted by atomic mass is 10.2. The maximum atomic E-state index is 11.4. The molecule has 0 saturated carbocycles. The number of rotatable bonds is 7. The molecule has 0 aliphatic rings. The van der Waals surface area contributed by atoms with Gasteiger partial charge < -0.3 is 5.32 Å². The number of hydrogen-bond acceptors (Lipinski definition) is 3. The van der Waals surface area contributed by atoms with E-state index in [1.807, 2.05) is 7.05 Å². The van der Waals surface area contributed by atoms with E-state index in [2.05, 4.69) is 29.3 Å². The molecule has 0 radical (unpaired) electrons. The van der Waals surface area contributed by atoms with Crippen LogP contribution in [0.15, 0.2) is 0 Å². The van der Waals surface area contributed by atoms with Crippen LogP contribution in [0.3, 0.4) is 0 Å². The van der Waals surface area contributed by atoms with Gasteiger partial charge in [-0.25, -0.2) is 0 Å². The smallest absolute Gasteiger partial charge is 0.234 e. The number of nitrogens with zero attached hydrogens (tertiary/aromatic N) is 1. The fraction of sp³-hybridized carbons (Fsp3) is 0.727. The van der Waals surface area contributed by atoms with Crippen molar-refractivity contribution >= 4 is 17.7 Å². The minimum Gasteiger partial charge on any atom is -0.344 e. The molecular formula is C11H20N2OS. The van der Waals surface area contributed by atoms with E-state index in [9.17, 15) is 4.79 Å². The molecule has 0 aromatic rings. The largest absolute Gasteiger partial charge is 0.344 e. The van der Waals surface area contributed by atoms with Crippen LogP contribution in [0.1, 0.15) is 13.3 Å². The zero-order valence-corrected chi connectivity index (χ0v) is 10.6. The quantitative estimate of drug-likeness (QED) is 0.655. The molecular weight excluding hydrogens is 208 g/mol. The van der Waals surface area contributed by atoms with Crippen LogP contribution in [0.5, 0.6) is 0 Å². The molecule has 0 aliphatic carbocycles. The van der Waals surface area contributed by atoms with Crippen molar-refractivity contribution in [3.8, 4) is 12.3 Å². The molecule has 86 valence electrons. The van der Waals surface area contributed by atoms with Gasteiger partial charge in [0, 0.05) is 11.8 Å². The van der Waals surface area contributed by atoms with Crippen molar-refractivity contribution in [1.82, 2.24) is 10.2 Å². The number of nitrogens with one attached hydrogen (secondary N) is 1. The fourth-order valence-corrected chi connectivity index (χ4v) is 2.19. The number of thioether (sulfide) groups is 1. The Hall–Kier alpha value is -0.660. The summed E-state index contributed by atoms with van der Waals surface area (Å²) in [4.78, 5) is 13.5. The highest BCUT2D eigenvalue weighted by atomic mass is 32.2. The second kappa shape index (κ2) is 8.63. The summed E-state index contributed by atoms with van der Waals surface area (Å²) in [5.41, 5.74) is 0. The van der Waals surface area contributed by atoms with Crippen LogP contribution in [0.2, 0.25) is 0 Å². The van der Waals surface area contributed by atoms with Crippen LogP contribution < -0.4 is 5.32 Å². The third-order valence-corrected chi connectivity index (χ3v) is 2.95. The van der Waals surface area contributed by atoms with Crippen molar-refractivity contribution in [2.24, 2.45) is 0 Å². The molecule has 15 heavy (non-hydrogen) atoms. The van der Waals surface area contributed by atoms with Gasteiger partial charge in [0.05, 0.1) is 13.1 Å². The highest BCUT2D eigenvalue weighted by molar-refractivity contribution is 7.98. The summed E-state index contributed by atoms with van der Waals surface area (Å²) in [7, 11) is 1.97. The maximum Gasteiger partial charge on any atom is 0.234 e. The Morgan fingerprint density at radius 2 is 2.33 bits per heavy atom. The SMILES string of the molecule is C#CCNC(=O)CN(C)C(CC)CSC. The Morgan fingerprint density at radius 1 is 1.67 bits per heavy atom. The van der Waals surface area contributed by atoms with E-state index >= 15 is 0 Å². The Morgan fingerprint density at radius 3 is 2.80 bits per heavy atom. The monoisotopic (exact) mass is 228 g/mol. The molecule has 4 heteroatoms. The van der Waals surface area contributed by atoms with Crippen LogP contribution in [0, 0.1) is 12.3 Å². The second-order valence-corrected chi connectivity index (χ2v) is 4.32. The third kappa shape index (κ3) is 6.43. The zero-order chi connectivity index (χ0) is 11.7. The summed E-state index contributed by atoms with van der Waals surface area (Å²) >= 11 is 1.80. The lowest BCUT2D eigenvalue weighted by Gasteiger charge is -2.25. The molecule has 0 saturated heterocycles. The number of carbonyl (C=O) groups excluding carboxylic acids is 1. The summed E-state index contributed by atoms with van der Waals surface area (Å²) < 4.78 is 0. The Labute approximate surface area is 97.0 Å². The van der Waals surface area contributed by atoms with E-state index in [1.54, 1.807) is 11.8 Å². The minimum atomic E-state index is -0.00463. The van der Waals surface area contributed by atoms with E-state index in [4.69, 9.17) is 6.42 Å². The molecule has 0 aromatic heterocycles. The minimum absolute atomic E-state index is 0.00463. The lowest BCUT2D eigenvalue weighted by Crippen LogP contribution is -2.41. The molecule has 1 amide bonds. The molecule has 0 heterocycles. The Balaban J connectivity index is 3.93. The Bertz CT molecular complexity index is 225. The molecule has 0 fully saturated rings. The van der Waals surface area contributed by atoms with Crippen LogP contribution in [-0.2, 0) is 4.79 Å². The predicted octanol–water partition coefficient (Wildman–Crippen LogP) is 0.809. The van der Waals surface area contributed by atoms with Crippen molar-refractivity contribution in [2.75, 3.05) is 32.1 Å². The van der Waals surface area contributed by atoms with Gasteiger partial charge >= 0.3 is 0 Å². The van der Waals surface area contributed by atoms with Gasteiger partial charge in [0.1, 0.15) is 0 Å². The topological polar surface area (TPSA) is 32.3 Å². The van der Waals surface area contributed by atoms with E-state index in [-0.39, 0.29) is 5.91 Å². The molecule has 3 nitrogen and oxygen atoms in total. The molecule has 1 unspecified atom stereocenters. The van der Waals surface area contributed by atoms with Crippen molar-refractivity contribution in [2.45, 2.75) is 19.4 Å². The van der Waals surface area contributed by atoms with E-state index in [0.29, 0.717) is 19.1 Å². The first-order chi connectivity index (χ1) is 7.15. The first kappa shape index (κ1) is 14.3. The van der Waals surface area contributed by atoms with Gasteiger partial charge in [0.15, 0.2) is 0 Å². The molecule has 1 atom stereocenters. The highest BCUT2D eigenvalue weighted by Crippen LogP contribution is 2.07. The molecule has 0 rings (SSSR count). The molecule has 0 bridgehead atoms. The van der Waals surface area contributed by atoms with E-state index < -0.39 is 0 Å². The van der Waals surface area contributed by atoms with E-state index in [0.717, 1.165) is 12.2 Å². The Kier molecular flexibility index (Phi) is 8.25. The number of amides is 1. The number of terminal acetylenes is 1. The molecule has 0 aliphatic heterocycles. The van der Waals surface area contributed by atoms with Gasteiger partial charge in [-0.05, 0) is 19.7 Å². The molecule has 0 aromatic carbocycles. The van der Waals surface area contributed by atoms with Crippen molar-refractivity contribution in [1.29, 1.82) is 0 Å². The van der Waals surface area contributed by atoms with Gasteiger partial charge in [-0.1, -0.05) is 12.8 Å². The normalized spacial score (nSPS) is 12.2. The standard InChI is InChI=1S/C11H20N2OS/c1-5-7-12-11(14)8-13(3)10(6-2)9-15-4/h1,10H,6-9H2,2-4H3,(H,12,14). The predicted molar refractivity (Wildman–Crippen MR) is 66.9 cm³/mol. The summed E-state index contributed by atoms with van der Waals surface area (Å²) in [6.07, 6.45) is 8.19. The number of hydrogen-bond donors (Lipinski definition) is 1. The van der Waals surface area contributed by atoms with E-state index in [1.165, 1.54) is 0 Å². The average molecular weight is 228 g/mol. The van der Waals surface area contributed by atoms with Crippen LogP contribution in [-0.4, -0.2) is 49.0 Å². The summed E-state index contributed by atoms with van der Waals surface area (Å²) in [6, 6.07) is 0.455. The fourth-order valence-electron chi connectivity index (χ4n) is 1.31. The second-order valence-electron chi connectivity index (χ2n) is 3.41. The zero-order valence-electron chi connectivity index (χ0n) is 9.75. The molecule has 1 N–H and O–H groups in total. The van der Waals surface area contributed by atoms with Gasteiger partial charge in [0.2, 0.25) is 5.91 Å². The van der Waals surface area contributed by atoms with Crippen LogP contribution in [0.25, 0.3) is 0 Å². The van der Waals surface area contributed by atoms with Gasteiger partial charge in [-0.3, -0.25) is 9.69 Å². The van der Waals surface area contributed by atoms with Crippen molar-refractivity contribution in [3.05, 3.63) is 0 Å². The average Bonchev–Trinajstić information content (AvgIpc) is 2.22. The maximum absolute atomic E-state index is 11.4. The number of likely N-dealkylation sites (N-methyl/N-ethyl adjacent to an activating group) is 1. The van der Waals surface area contributed by atoms with Gasteiger partial charge in [-0.2, -0.15) is 11.8 Å². The van der Waals surface area contributed by atoms with Crippen molar-refractivity contribution in [3.63, 3.8) is 0 Å². The van der Waals surface area contributed by atoms with Gasteiger partial charge in [-0.15, -0.1) is 6.42 Å². The highest BCUT2D eigenvalue weighted by Gasteiger charge is 2.14.